The summed E-state index contributed by atoms with van der Waals surface area (Å²) in [4.78, 5) is 23.3. The lowest BCUT2D eigenvalue weighted by Gasteiger charge is -2.39. The number of halogens is 2. The molecule has 1 aromatic carbocycles. The van der Waals surface area contributed by atoms with Gasteiger partial charge in [-0.3, -0.25) is 10.1 Å². The molecule has 2 rings (SSSR count). The summed E-state index contributed by atoms with van der Waals surface area (Å²) in [5.74, 6) is -1.01. The number of nitro groups is 1. The summed E-state index contributed by atoms with van der Waals surface area (Å²) < 4.78 is 0. The molecular weight excluding hydrogens is 319 g/mol. The lowest BCUT2D eigenvalue weighted by Crippen LogP contribution is -2.49. The van der Waals surface area contributed by atoms with E-state index in [1.165, 1.54) is 12.1 Å². The Labute approximate surface area is 131 Å². The summed E-state index contributed by atoms with van der Waals surface area (Å²) >= 11 is 12.2. The molecule has 2 atom stereocenters. The van der Waals surface area contributed by atoms with Crippen molar-refractivity contribution in [2.75, 3.05) is 11.4 Å². The van der Waals surface area contributed by atoms with Crippen LogP contribution in [0.25, 0.3) is 0 Å². The highest BCUT2D eigenvalue weighted by Crippen LogP contribution is 2.41. The number of anilines is 1. The summed E-state index contributed by atoms with van der Waals surface area (Å²) in [6.07, 6.45) is 1.62. The topological polar surface area (TPSA) is 83.7 Å². The summed E-state index contributed by atoms with van der Waals surface area (Å²) in [7, 11) is 0. The molecule has 1 saturated heterocycles. The molecule has 1 fully saturated rings. The van der Waals surface area contributed by atoms with Gasteiger partial charge < -0.3 is 10.0 Å². The molecule has 1 aromatic rings. The van der Waals surface area contributed by atoms with E-state index in [1.807, 2.05) is 6.92 Å². The van der Waals surface area contributed by atoms with Crippen LogP contribution in [-0.4, -0.2) is 28.6 Å². The number of piperidine rings is 1. The van der Waals surface area contributed by atoms with Gasteiger partial charge in [-0.25, -0.2) is 4.79 Å². The van der Waals surface area contributed by atoms with E-state index < -0.39 is 16.9 Å². The van der Waals surface area contributed by atoms with Crippen molar-refractivity contribution >= 4 is 40.5 Å². The minimum Gasteiger partial charge on any atom is -0.480 e. The average molecular weight is 333 g/mol. The van der Waals surface area contributed by atoms with Crippen molar-refractivity contribution in [1.82, 2.24) is 0 Å². The summed E-state index contributed by atoms with van der Waals surface area (Å²) in [5, 5.41) is 20.4. The normalized spacial score (nSPS) is 22.1. The van der Waals surface area contributed by atoms with Gasteiger partial charge in [-0.1, -0.05) is 30.1 Å². The fourth-order valence-corrected chi connectivity index (χ4v) is 3.44. The number of nitrogens with zero attached hydrogens (tertiary/aromatic N) is 2. The van der Waals surface area contributed by atoms with Crippen molar-refractivity contribution < 1.29 is 14.8 Å². The molecule has 0 aromatic heterocycles. The van der Waals surface area contributed by atoms with E-state index in [2.05, 4.69) is 0 Å². The first kappa shape index (κ1) is 15.9. The monoisotopic (exact) mass is 332 g/mol. The van der Waals surface area contributed by atoms with Gasteiger partial charge in [0.25, 0.3) is 5.69 Å². The molecule has 2 unspecified atom stereocenters. The third kappa shape index (κ3) is 3.06. The maximum atomic E-state index is 11.5. The summed E-state index contributed by atoms with van der Waals surface area (Å²) in [6.45, 7) is 2.36. The number of non-ortho nitro benzene ring substituents is 1. The zero-order valence-corrected chi connectivity index (χ0v) is 12.8. The van der Waals surface area contributed by atoms with Crippen molar-refractivity contribution in [3.63, 3.8) is 0 Å². The maximum Gasteiger partial charge on any atom is 0.326 e. The van der Waals surface area contributed by atoms with Crippen LogP contribution in [0.15, 0.2) is 12.1 Å². The van der Waals surface area contributed by atoms with E-state index in [0.29, 0.717) is 12.2 Å². The van der Waals surface area contributed by atoms with Crippen molar-refractivity contribution in [3.8, 4) is 0 Å². The largest absolute Gasteiger partial charge is 0.480 e. The first-order valence-electron chi connectivity index (χ1n) is 6.45. The van der Waals surface area contributed by atoms with Crippen LogP contribution in [0.4, 0.5) is 11.4 Å². The van der Waals surface area contributed by atoms with E-state index in [9.17, 15) is 20.0 Å². The van der Waals surface area contributed by atoms with Crippen LogP contribution in [0.5, 0.6) is 0 Å². The van der Waals surface area contributed by atoms with Crippen molar-refractivity contribution in [2.45, 2.75) is 25.8 Å². The molecule has 1 N–H and O–H groups in total. The molecule has 0 spiro atoms. The van der Waals surface area contributed by atoms with Gasteiger partial charge in [0.1, 0.15) is 6.04 Å². The van der Waals surface area contributed by atoms with Gasteiger partial charge in [0.05, 0.1) is 20.7 Å². The molecular formula is C13H14Cl2N2O4. The van der Waals surface area contributed by atoms with Crippen molar-refractivity contribution in [3.05, 3.63) is 32.3 Å². The van der Waals surface area contributed by atoms with E-state index in [1.54, 1.807) is 4.90 Å². The molecule has 1 heterocycles. The van der Waals surface area contributed by atoms with Gasteiger partial charge in [-0.15, -0.1) is 0 Å². The third-order valence-electron chi connectivity index (χ3n) is 3.69. The molecule has 21 heavy (non-hydrogen) atoms. The number of carbonyl (C=O) groups is 1. The standard InChI is InChI=1S/C13H14Cl2N2O4/c1-7-3-2-4-16(11(7)13(18)19)12-9(14)5-8(17(20)21)6-10(12)15/h5-7,11H,2-4H2,1H3,(H,18,19). The van der Waals surface area contributed by atoms with Crippen LogP contribution in [0, 0.1) is 16.0 Å². The van der Waals surface area contributed by atoms with Crippen LogP contribution in [0.3, 0.4) is 0 Å². The van der Waals surface area contributed by atoms with E-state index in [0.717, 1.165) is 12.8 Å². The van der Waals surface area contributed by atoms with Gasteiger partial charge >= 0.3 is 5.97 Å². The predicted octanol–water partition coefficient (Wildman–Crippen LogP) is 3.59. The van der Waals surface area contributed by atoms with Gasteiger partial charge in [0.2, 0.25) is 0 Å². The zero-order valence-electron chi connectivity index (χ0n) is 11.3. The number of hydrogen-bond acceptors (Lipinski definition) is 4. The quantitative estimate of drug-likeness (QED) is 0.675. The smallest absolute Gasteiger partial charge is 0.326 e. The highest BCUT2D eigenvalue weighted by molar-refractivity contribution is 6.39. The molecule has 0 amide bonds. The summed E-state index contributed by atoms with van der Waals surface area (Å²) in [6, 6.07) is 1.65. The number of rotatable bonds is 3. The SMILES string of the molecule is CC1CCCN(c2c(Cl)cc([N+](=O)[O-])cc2Cl)C1C(=O)O. The number of aliphatic carboxylic acids is 1. The average Bonchev–Trinajstić information content (AvgIpc) is 2.37. The predicted molar refractivity (Wildman–Crippen MR) is 80.3 cm³/mol. The molecule has 114 valence electrons. The highest BCUT2D eigenvalue weighted by atomic mass is 35.5. The lowest BCUT2D eigenvalue weighted by molar-refractivity contribution is -0.384. The van der Waals surface area contributed by atoms with Crippen LogP contribution >= 0.6 is 23.2 Å². The van der Waals surface area contributed by atoms with Crippen LogP contribution in [-0.2, 0) is 4.79 Å². The van der Waals surface area contributed by atoms with Crippen LogP contribution in [0.2, 0.25) is 10.0 Å². The van der Waals surface area contributed by atoms with Gasteiger partial charge in [0.15, 0.2) is 0 Å². The second kappa shape index (κ2) is 6.07. The fraction of sp³-hybridized carbons (Fsp3) is 0.462. The third-order valence-corrected chi connectivity index (χ3v) is 4.26. The summed E-state index contributed by atoms with van der Waals surface area (Å²) in [5.41, 5.74) is 0.133. The number of carboxylic acids is 1. The molecule has 1 aliphatic heterocycles. The minimum absolute atomic E-state index is 0.0569. The molecule has 0 saturated carbocycles. The molecule has 8 heteroatoms. The van der Waals surface area contributed by atoms with Gasteiger partial charge in [-0.2, -0.15) is 0 Å². The number of hydrogen-bond donors (Lipinski definition) is 1. The Bertz CT molecular complexity index is 571. The van der Waals surface area contributed by atoms with Gasteiger partial charge in [-0.05, 0) is 18.8 Å². The Morgan fingerprint density at radius 3 is 2.48 bits per heavy atom. The van der Waals surface area contributed by atoms with E-state index in [4.69, 9.17) is 23.2 Å². The Morgan fingerprint density at radius 1 is 1.43 bits per heavy atom. The second-order valence-electron chi connectivity index (χ2n) is 5.11. The minimum atomic E-state index is -0.951. The molecule has 0 aliphatic carbocycles. The first-order valence-corrected chi connectivity index (χ1v) is 7.21. The van der Waals surface area contributed by atoms with Crippen molar-refractivity contribution in [1.29, 1.82) is 0 Å². The fourth-order valence-electron chi connectivity index (χ4n) is 2.75. The Kier molecular flexibility index (Phi) is 4.58. The number of benzene rings is 1. The van der Waals surface area contributed by atoms with Crippen LogP contribution < -0.4 is 4.90 Å². The second-order valence-corrected chi connectivity index (χ2v) is 5.93. The Balaban J connectivity index is 2.49. The number of carboxylic acid groups (broad SMARTS) is 1. The Hall–Kier alpha value is -1.53. The number of nitro benzene ring substituents is 1. The van der Waals surface area contributed by atoms with Crippen LogP contribution in [0.1, 0.15) is 19.8 Å². The van der Waals surface area contributed by atoms with E-state index in [-0.39, 0.29) is 21.7 Å². The molecule has 6 nitrogen and oxygen atoms in total. The lowest BCUT2D eigenvalue weighted by atomic mass is 9.90. The van der Waals surface area contributed by atoms with Gasteiger partial charge in [0, 0.05) is 18.7 Å². The molecule has 0 radical (unpaired) electrons. The maximum absolute atomic E-state index is 11.5. The van der Waals surface area contributed by atoms with Crippen molar-refractivity contribution in [2.24, 2.45) is 5.92 Å². The Morgan fingerprint density at radius 2 is 2.00 bits per heavy atom. The zero-order chi connectivity index (χ0) is 15.7. The molecule has 1 aliphatic rings. The first-order chi connectivity index (χ1) is 9.82. The highest BCUT2D eigenvalue weighted by Gasteiger charge is 2.36. The molecule has 0 bridgehead atoms. The van der Waals surface area contributed by atoms with E-state index >= 15 is 0 Å².